The van der Waals surface area contributed by atoms with E-state index in [2.05, 4.69) is 6.07 Å². The SMILES string of the molecule is Cc1ccc2c(c1)cc(CCN)c(=O)n2C. The van der Waals surface area contributed by atoms with Crippen molar-refractivity contribution in [1.29, 1.82) is 0 Å². The van der Waals surface area contributed by atoms with Gasteiger partial charge in [0.15, 0.2) is 0 Å². The molecule has 2 aromatic rings. The Balaban J connectivity index is 2.78. The van der Waals surface area contributed by atoms with Crippen molar-refractivity contribution in [3.05, 3.63) is 45.7 Å². The minimum Gasteiger partial charge on any atom is -0.330 e. The van der Waals surface area contributed by atoms with Gasteiger partial charge in [0, 0.05) is 12.6 Å². The summed E-state index contributed by atoms with van der Waals surface area (Å²) in [5, 5.41) is 1.10. The van der Waals surface area contributed by atoms with Crippen LogP contribution in [0.1, 0.15) is 11.1 Å². The van der Waals surface area contributed by atoms with E-state index >= 15 is 0 Å². The molecular weight excluding hydrogens is 200 g/mol. The summed E-state index contributed by atoms with van der Waals surface area (Å²) in [6.07, 6.45) is 0.635. The summed E-state index contributed by atoms with van der Waals surface area (Å²) in [6, 6.07) is 8.05. The van der Waals surface area contributed by atoms with Crippen LogP contribution in [0.2, 0.25) is 0 Å². The Morgan fingerprint density at radius 1 is 1.31 bits per heavy atom. The van der Waals surface area contributed by atoms with Gasteiger partial charge in [-0.3, -0.25) is 4.79 Å². The van der Waals surface area contributed by atoms with Crippen molar-refractivity contribution < 1.29 is 0 Å². The fourth-order valence-corrected chi connectivity index (χ4v) is 2.00. The Kier molecular flexibility index (Phi) is 2.79. The summed E-state index contributed by atoms with van der Waals surface area (Å²) in [5.74, 6) is 0. The third-order valence-electron chi connectivity index (χ3n) is 2.87. The Labute approximate surface area is 94.5 Å². The third-order valence-corrected chi connectivity index (χ3v) is 2.87. The second-order valence-electron chi connectivity index (χ2n) is 4.13. The highest BCUT2D eigenvalue weighted by Gasteiger charge is 2.05. The monoisotopic (exact) mass is 216 g/mol. The van der Waals surface area contributed by atoms with E-state index in [4.69, 9.17) is 5.73 Å². The summed E-state index contributed by atoms with van der Waals surface area (Å²) >= 11 is 0. The number of hydrogen-bond acceptors (Lipinski definition) is 2. The maximum atomic E-state index is 12.0. The smallest absolute Gasteiger partial charge is 0.254 e. The van der Waals surface area contributed by atoms with Crippen molar-refractivity contribution in [2.45, 2.75) is 13.3 Å². The molecule has 0 unspecified atom stereocenters. The van der Waals surface area contributed by atoms with Gasteiger partial charge in [-0.15, -0.1) is 0 Å². The maximum absolute atomic E-state index is 12.0. The maximum Gasteiger partial charge on any atom is 0.254 e. The average Bonchev–Trinajstić information content (AvgIpc) is 2.25. The first kappa shape index (κ1) is 10.9. The lowest BCUT2D eigenvalue weighted by molar-refractivity contribution is 0.856. The molecule has 0 spiro atoms. The highest BCUT2D eigenvalue weighted by molar-refractivity contribution is 5.80. The average molecular weight is 216 g/mol. The predicted molar refractivity (Wildman–Crippen MR) is 66.7 cm³/mol. The van der Waals surface area contributed by atoms with Crippen molar-refractivity contribution >= 4 is 10.9 Å². The third kappa shape index (κ3) is 1.74. The summed E-state index contributed by atoms with van der Waals surface area (Å²) in [4.78, 5) is 12.0. The number of hydrogen-bond donors (Lipinski definition) is 1. The van der Waals surface area contributed by atoms with Gasteiger partial charge in [-0.25, -0.2) is 0 Å². The summed E-state index contributed by atoms with van der Waals surface area (Å²) in [7, 11) is 1.81. The molecule has 3 nitrogen and oxygen atoms in total. The molecule has 0 fully saturated rings. The van der Waals surface area contributed by atoms with Crippen molar-refractivity contribution in [1.82, 2.24) is 4.57 Å². The van der Waals surface area contributed by atoms with E-state index in [0.29, 0.717) is 13.0 Å². The lowest BCUT2D eigenvalue weighted by atomic mass is 10.1. The normalized spacial score (nSPS) is 10.9. The molecule has 1 aromatic carbocycles. The molecule has 0 aliphatic rings. The Hall–Kier alpha value is -1.61. The molecule has 0 aliphatic heterocycles. The number of nitrogens with zero attached hydrogens (tertiary/aromatic N) is 1. The van der Waals surface area contributed by atoms with Crippen LogP contribution in [0.3, 0.4) is 0 Å². The van der Waals surface area contributed by atoms with E-state index in [1.165, 1.54) is 5.56 Å². The molecule has 0 amide bonds. The molecule has 1 aromatic heterocycles. The molecule has 2 rings (SSSR count). The molecule has 2 N–H and O–H groups in total. The first-order valence-corrected chi connectivity index (χ1v) is 5.43. The van der Waals surface area contributed by atoms with Crippen LogP contribution in [0.25, 0.3) is 10.9 Å². The molecule has 3 heteroatoms. The second kappa shape index (κ2) is 4.10. The minimum atomic E-state index is 0.0572. The number of fused-ring (bicyclic) bond motifs is 1. The summed E-state index contributed by atoms with van der Waals surface area (Å²) < 4.78 is 1.69. The van der Waals surface area contributed by atoms with Crippen LogP contribution in [0.15, 0.2) is 29.1 Å². The first-order valence-electron chi connectivity index (χ1n) is 5.43. The molecule has 0 atom stereocenters. The second-order valence-corrected chi connectivity index (χ2v) is 4.13. The van der Waals surface area contributed by atoms with Gasteiger partial charge in [-0.05, 0) is 43.5 Å². The van der Waals surface area contributed by atoms with E-state index in [-0.39, 0.29) is 5.56 Å². The summed E-state index contributed by atoms with van der Waals surface area (Å²) in [5.41, 5.74) is 8.52. The van der Waals surface area contributed by atoms with Crippen LogP contribution in [-0.2, 0) is 13.5 Å². The van der Waals surface area contributed by atoms with E-state index in [1.54, 1.807) is 11.6 Å². The van der Waals surface area contributed by atoms with Crippen LogP contribution in [0, 0.1) is 6.92 Å². The number of pyridine rings is 1. The van der Waals surface area contributed by atoms with E-state index in [1.807, 2.05) is 25.1 Å². The Morgan fingerprint density at radius 2 is 2.06 bits per heavy atom. The molecule has 0 bridgehead atoms. The van der Waals surface area contributed by atoms with Gasteiger partial charge in [0.1, 0.15) is 0 Å². The van der Waals surface area contributed by atoms with Crippen LogP contribution >= 0.6 is 0 Å². The minimum absolute atomic E-state index is 0.0572. The fourth-order valence-electron chi connectivity index (χ4n) is 2.00. The zero-order valence-corrected chi connectivity index (χ0v) is 9.66. The standard InChI is InChI=1S/C13H16N2O/c1-9-3-4-12-11(7-9)8-10(5-6-14)13(16)15(12)2/h3-4,7-8H,5-6,14H2,1-2H3. The number of aromatic nitrogens is 1. The summed E-state index contributed by atoms with van der Waals surface area (Å²) in [6.45, 7) is 2.56. The van der Waals surface area contributed by atoms with Crippen LogP contribution in [-0.4, -0.2) is 11.1 Å². The van der Waals surface area contributed by atoms with Gasteiger partial charge in [0.25, 0.3) is 5.56 Å². The Bertz CT molecular complexity index is 584. The van der Waals surface area contributed by atoms with Gasteiger partial charge >= 0.3 is 0 Å². The molecule has 1 heterocycles. The quantitative estimate of drug-likeness (QED) is 0.823. The molecule has 16 heavy (non-hydrogen) atoms. The first-order chi connectivity index (χ1) is 7.63. The van der Waals surface area contributed by atoms with Crippen LogP contribution < -0.4 is 11.3 Å². The lowest BCUT2D eigenvalue weighted by Gasteiger charge is -2.08. The zero-order chi connectivity index (χ0) is 11.7. The lowest BCUT2D eigenvalue weighted by Crippen LogP contribution is -2.23. The zero-order valence-electron chi connectivity index (χ0n) is 9.66. The number of nitrogens with two attached hydrogens (primary N) is 1. The number of benzene rings is 1. The van der Waals surface area contributed by atoms with Crippen molar-refractivity contribution in [2.75, 3.05) is 6.54 Å². The van der Waals surface area contributed by atoms with Crippen molar-refractivity contribution in [3.63, 3.8) is 0 Å². The molecule has 84 valence electrons. The molecular formula is C13H16N2O. The van der Waals surface area contributed by atoms with E-state index < -0.39 is 0 Å². The van der Waals surface area contributed by atoms with Gasteiger partial charge < -0.3 is 10.3 Å². The van der Waals surface area contributed by atoms with Gasteiger partial charge in [-0.2, -0.15) is 0 Å². The highest BCUT2D eigenvalue weighted by Crippen LogP contribution is 2.14. The van der Waals surface area contributed by atoms with Gasteiger partial charge in [0.2, 0.25) is 0 Å². The highest BCUT2D eigenvalue weighted by atomic mass is 16.1. The predicted octanol–water partition coefficient (Wildman–Crippen LogP) is 1.35. The fraction of sp³-hybridized carbons (Fsp3) is 0.308. The van der Waals surface area contributed by atoms with Gasteiger partial charge in [-0.1, -0.05) is 11.6 Å². The molecule has 0 aliphatic carbocycles. The molecule has 0 saturated heterocycles. The molecule has 0 radical (unpaired) electrons. The number of aryl methyl sites for hydroxylation is 2. The molecule has 0 saturated carbocycles. The van der Waals surface area contributed by atoms with E-state index in [9.17, 15) is 4.79 Å². The number of rotatable bonds is 2. The Morgan fingerprint density at radius 3 is 2.75 bits per heavy atom. The van der Waals surface area contributed by atoms with Crippen LogP contribution in [0.4, 0.5) is 0 Å². The van der Waals surface area contributed by atoms with Crippen molar-refractivity contribution in [2.24, 2.45) is 12.8 Å². The topological polar surface area (TPSA) is 48.0 Å². The van der Waals surface area contributed by atoms with E-state index in [0.717, 1.165) is 16.5 Å². The largest absolute Gasteiger partial charge is 0.330 e. The van der Waals surface area contributed by atoms with Crippen molar-refractivity contribution in [3.8, 4) is 0 Å². The van der Waals surface area contributed by atoms with Crippen LogP contribution in [0.5, 0.6) is 0 Å². The van der Waals surface area contributed by atoms with Gasteiger partial charge in [0.05, 0.1) is 5.52 Å².